The molecule has 2 saturated heterocycles. The summed E-state index contributed by atoms with van der Waals surface area (Å²) in [5, 5.41) is 0. The number of benzene rings is 1. The van der Waals surface area contributed by atoms with Crippen LogP contribution in [0.4, 0.5) is 0 Å². The van der Waals surface area contributed by atoms with Gasteiger partial charge >= 0.3 is 0 Å². The van der Waals surface area contributed by atoms with Gasteiger partial charge in [-0.3, -0.25) is 9.59 Å². The predicted molar refractivity (Wildman–Crippen MR) is 92.0 cm³/mol. The van der Waals surface area contributed by atoms with Crippen LogP contribution in [0.2, 0.25) is 0 Å². The molecule has 0 bridgehead atoms. The standard InChI is InChI=1S/C19H24N2O3/c1-2-14-24-17-7-4-3-6-16(17)19(23)20-12-9-15(10-13-20)21-11-5-8-18(21)22/h2-4,6-7,15H,1,5,8-14H2. The molecule has 0 atom stereocenters. The highest BCUT2D eigenvalue weighted by Crippen LogP contribution is 2.25. The van der Waals surface area contributed by atoms with Gasteiger partial charge in [0.25, 0.3) is 5.91 Å². The van der Waals surface area contributed by atoms with Crippen LogP contribution in [0.1, 0.15) is 36.0 Å². The summed E-state index contributed by atoms with van der Waals surface area (Å²) in [6.07, 6.45) is 5.01. The number of rotatable bonds is 5. The molecule has 5 nitrogen and oxygen atoms in total. The molecule has 0 spiro atoms. The van der Waals surface area contributed by atoms with Gasteiger partial charge in [-0.2, -0.15) is 0 Å². The molecular formula is C19H24N2O3. The van der Waals surface area contributed by atoms with Crippen LogP contribution in [0, 0.1) is 0 Å². The zero-order valence-electron chi connectivity index (χ0n) is 13.9. The predicted octanol–water partition coefficient (Wildman–Crippen LogP) is 2.48. The number of carbonyl (C=O) groups is 2. The molecule has 0 saturated carbocycles. The molecule has 1 aromatic rings. The summed E-state index contributed by atoms with van der Waals surface area (Å²) < 4.78 is 5.60. The Morgan fingerprint density at radius 2 is 2.00 bits per heavy atom. The summed E-state index contributed by atoms with van der Waals surface area (Å²) in [4.78, 5) is 28.6. The smallest absolute Gasteiger partial charge is 0.257 e. The van der Waals surface area contributed by atoms with Gasteiger partial charge in [0, 0.05) is 32.1 Å². The van der Waals surface area contributed by atoms with Crippen molar-refractivity contribution in [2.24, 2.45) is 0 Å². The first-order chi connectivity index (χ1) is 11.7. The molecule has 2 amide bonds. The van der Waals surface area contributed by atoms with E-state index in [1.807, 2.05) is 28.0 Å². The Morgan fingerprint density at radius 3 is 2.67 bits per heavy atom. The quantitative estimate of drug-likeness (QED) is 0.780. The third-order valence-corrected chi connectivity index (χ3v) is 4.78. The Kier molecular flexibility index (Phi) is 5.18. The van der Waals surface area contributed by atoms with Crippen LogP contribution in [0.25, 0.3) is 0 Å². The molecular weight excluding hydrogens is 304 g/mol. The molecule has 2 aliphatic rings. The molecule has 2 aliphatic heterocycles. The third kappa shape index (κ3) is 3.45. The van der Waals surface area contributed by atoms with E-state index in [2.05, 4.69) is 6.58 Å². The lowest BCUT2D eigenvalue weighted by Gasteiger charge is -2.36. The third-order valence-electron chi connectivity index (χ3n) is 4.78. The van der Waals surface area contributed by atoms with Crippen LogP contribution in [0.3, 0.4) is 0 Å². The lowest BCUT2D eigenvalue weighted by molar-refractivity contribution is -0.130. The summed E-state index contributed by atoms with van der Waals surface area (Å²) >= 11 is 0. The van der Waals surface area contributed by atoms with E-state index in [0.29, 0.717) is 37.4 Å². The van der Waals surface area contributed by atoms with Gasteiger partial charge in [0.2, 0.25) is 5.91 Å². The van der Waals surface area contributed by atoms with Crippen molar-refractivity contribution in [3.63, 3.8) is 0 Å². The maximum Gasteiger partial charge on any atom is 0.257 e. The first kappa shape index (κ1) is 16.6. The number of piperidine rings is 1. The van der Waals surface area contributed by atoms with Crippen LogP contribution >= 0.6 is 0 Å². The molecule has 0 radical (unpaired) electrons. The van der Waals surface area contributed by atoms with E-state index < -0.39 is 0 Å². The second kappa shape index (κ2) is 7.51. The Hall–Kier alpha value is -2.30. The summed E-state index contributed by atoms with van der Waals surface area (Å²) in [6, 6.07) is 7.61. The maximum absolute atomic E-state index is 12.8. The lowest BCUT2D eigenvalue weighted by Crippen LogP contribution is -2.47. The SMILES string of the molecule is C=CCOc1ccccc1C(=O)N1CCC(N2CCCC2=O)CC1. The average molecular weight is 328 g/mol. The Balaban J connectivity index is 1.63. The van der Waals surface area contributed by atoms with Crippen molar-refractivity contribution in [2.75, 3.05) is 26.2 Å². The van der Waals surface area contributed by atoms with Gasteiger partial charge in [0.05, 0.1) is 5.56 Å². The molecule has 5 heteroatoms. The Bertz CT molecular complexity index is 621. The van der Waals surface area contributed by atoms with E-state index in [4.69, 9.17) is 4.74 Å². The average Bonchev–Trinajstić information content (AvgIpc) is 3.06. The molecule has 0 N–H and O–H groups in total. The van der Waals surface area contributed by atoms with Crippen LogP contribution in [0.5, 0.6) is 5.75 Å². The van der Waals surface area contributed by atoms with Gasteiger partial charge in [0.15, 0.2) is 0 Å². The van der Waals surface area contributed by atoms with Crippen LogP contribution in [-0.2, 0) is 4.79 Å². The van der Waals surface area contributed by atoms with E-state index in [1.165, 1.54) is 0 Å². The van der Waals surface area contributed by atoms with E-state index in [9.17, 15) is 9.59 Å². The molecule has 0 aromatic heterocycles. The monoisotopic (exact) mass is 328 g/mol. The first-order valence-corrected chi connectivity index (χ1v) is 8.62. The fourth-order valence-electron chi connectivity index (χ4n) is 3.52. The maximum atomic E-state index is 12.8. The van der Waals surface area contributed by atoms with Gasteiger partial charge < -0.3 is 14.5 Å². The van der Waals surface area contributed by atoms with Gasteiger partial charge in [-0.25, -0.2) is 0 Å². The van der Waals surface area contributed by atoms with E-state index in [-0.39, 0.29) is 17.9 Å². The molecule has 0 aliphatic carbocycles. The zero-order valence-corrected chi connectivity index (χ0v) is 13.9. The normalized spacial score (nSPS) is 18.8. The summed E-state index contributed by atoms with van der Waals surface area (Å²) in [7, 11) is 0. The van der Waals surface area contributed by atoms with Gasteiger partial charge in [0.1, 0.15) is 12.4 Å². The van der Waals surface area contributed by atoms with Gasteiger partial charge in [-0.15, -0.1) is 0 Å². The highest BCUT2D eigenvalue weighted by atomic mass is 16.5. The molecule has 2 fully saturated rings. The number of likely N-dealkylation sites (tertiary alicyclic amines) is 2. The minimum Gasteiger partial charge on any atom is -0.489 e. The van der Waals surface area contributed by atoms with Gasteiger partial charge in [-0.05, 0) is 31.4 Å². The van der Waals surface area contributed by atoms with Crippen LogP contribution < -0.4 is 4.74 Å². The van der Waals surface area contributed by atoms with Gasteiger partial charge in [-0.1, -0.05) is 24.8 Å². The molecule has 24 heavy (non-hydrogen) atoms. The number of ether oxygens (including phenoxy) is 1. The molecule has 128 valence electrons. The largest absolute Gasteiger partial charge is 0.489 e. The lowest BCUT2D eigenvalue weighted by atomic mass is 10.0. The number of amides is 2. The highest BCUT2D eigenvalue weighted by molar-refractivity contribution is 5.97. The molecule has 1 aromatic carbocycles. The number of hydrogen-bond acceptors (Lipinski definition) is 3. The number of carbonyl (C=O) groups excluding carboxylic acids is 2. The first-order valence-electron chi connectivity index (χ1n) is 8.62. The minimum absolute atomic E-state index is 0.000797. The van der Waals surface area contributed by atoms with Crippen molar-refractivity contribution in [2.45, 2.75) is 31.7 Å². The van der Waals surface area contributed by atoms with Crippen LogP contribution in [-0.4, -0.2) is 53.9 Å². The van der Waals surface area contributed by atoms with Crippen molar-refractivity contribution in [1.29, 1.82) is 0 Å². The Labute approximate surface area is 142 Å². The fourth-order valence-corrected chi connectivity index (χ4v) is 3.52. The number of para-hydroxylation sites is 1. The minimum atomic E-state index is 0.000797. The molecule has 0 unspecified atom stereocenters. The van der Waals surface area contributed by atoms with E-state index in [1.54, 1.807) is 12.1 Å². The molecule has 3 rings (SSSR count). The second-order valence-corrected chi connectivity index (χ2v) is 6.31. The summed E-state index contributed by atoms with van der Waals surface area (Å²) in [5.41, 5.74) is 0.593. The topological polar surface area (TPSA) is 49.9 Å². The van der Waals surface area contributed by atoms with Crippen molar-refractivity contribution < 1.29 is 14.3 Å². The van der Waals surface area contributed by atoms with E-state index in [0.717, 1.165) is 25.8 Å². The summed E-state index contributed by atoms with van der Waals surface area (Å²) in [5.74, 6) is 0.864. The second-order valence-electron chi connectivity index (χ2n) is 6.31. The Morgan fingerprint density at radius 1 is 1.25 bits per heavy atom. The highest BCUT2D eigenvalue weighted by Gasteiger charge is 2.32. The molecule has 2 heterocycles. The number of hydrogen-bond donors (Lipinski definition) is 0. The van der Waals surface area contributed by atoms with E-state index >= 15 is 0 Å². The number of nitrogens with zero attached hydrogens (tertiary/aromatic N) is 2. The fraction of sp³-hybridized carbons (Fsp3) is 0.474. The van der Waals surface area contributed by atoms with Crippen molar-refractivity contribution in [3.8, 4) is 5.75 Å². The zero-order chi connectivity index (χ0) is 16.9. The van der Waals surface area contributed by atoms with Crippen molar-refractivity contribution in [1.82, 2.24) is 9.80 Å². The van der Waals surface area contributed by atoms with Crippen molar-refractivity contribution in [3.05, 3.63) is 42.5 Å². The van der Waals surface area contributed by atoms with Crippen LogP contribution in [0.15, 0.2) is 36.9 Å². The summed E-state index contributed by atoms with van der Waals surface area (Å²) in [6.45, 7) is 6.26. The van der Waals surface area contributed by atoms with Crippen molar-refractivity contribution >= 4 is 11.8 Å².